The molecule has 0 aromatic carbocycles. The molecule has 2 aliphatic heterocycles. The van der Waals surface area contributed by atoms with Crippen molar-refractivity contribution in [2.24, 2.45) is 16.7 Å². The minimum Gasteiger partial charge on any atom is -0.450 e. The minimum absolute atomic E-state index is 0.0546. The van der Waals surface area contributed by atoms with Gasteiger partial charge in [0.15, 0.2) is 0 Å². The third kappa shape index (κ3) is 3.54. The number of hydrogen-bond acceptors (Lipinski definition) is 3. The molecule has 2 saturated heterocycles. The fourth-order valence-corrected chi connectivity index (χ4v) is 5.91. The van der Waals surface area contributed by atoms with Crippen molar-refractivity contribution in [3.63, 3.8) is 0 Å². The van der Waals surface area contributed by atoms with Gasteiger partial charge in [-0.25, -0.2) is 9.18 Å². The van der Waals surface area contributed by atoms with Gasteiger partial charge in [0, 0.05) is 24.5 Å². The third-order valence-corrected chi connectivity index (χ3v) is 7.56. The molecule has 1 spiro atoms. The molecular weight excluding hydrogens is 355 g/mol. The molecule has 4 aliphatic rings. The number of halogens is 1. The molecule has 0 radical (unpaired) electrons. The monoisotopic (exact) mass is 388 g/mol. The Hall–Kier alpha value is -1.62. The molecule has 4 nitrogen and oxygen atoms in total. The summed E-state index contributed by atoms with van der Waals surface area (Å²) in [6.07, 6.45) is 15.3. The Kier molecular flexibility index (Phi) is 5.38. The molecule has 0 aromatic heterocycles. The zero-order chi connectivity index (χ0) is 19.8. The van der Waals surface area contributed by atoms with Crippen molar-refractivity contribution in [3.8, 4) is 0 Å². The zero-order valence-electron chi connectivity index (χ0n) is 17.2. The summed E-state index contributed by atoms with van der Waals surface area (Å²) in [7, 11) is 0. The highest BCUT2D eigenvalue weighted by molar-refractivity contribution is 5.67. The smallest absolute Gasteiger partial charge is 0.409 e. The average Bonchev–Trinajstić information content (AvgIpc) is 2.70. The Balaban J connectivity index is 1.37. The number of amides is 1. The molecule has 0 N–H and O–H groups in total. The lowest BCUT2D eigenvalue weighted by Crippen LogP contribution is -2.53. The topological polar surface area (TPSA) is 32.8 Å². The van der Waals surface area contributed by atoms with Gasteiger partial charge in [0.25, 0.3) is 0 Å². The van der Waals surface area contributed by atoms with E-state index in [0.29, 0.717) is 12.6 Å². The second-order valence-electron chi connectivity index (χ2n) is 9.15. The molecule has 0 saturated carbocycles. The molecule has 5 heteroatoms. The Morgan fingerprint density at radius 3 is 2.61 bits per heavy atom. The highest BCUT2D eigenvalue weighted by atomic mass is 19.1. The minimum atomic E-state index is -0.175. The Morgan fingerprint density at radius 2 is 1.93 bits per heavy atom. The zero-order valence-corrected chi connectivity index (χ0v) is 17.2. The summed E-state index contributed by atoms with van der Waals surface area (Å²) in [6, 6.07) is 0.548. The van der Waals surface area contributed by atoms with Crippen molar-refractivity contribution in [2.75, 3.05) is 32.8 Å². The molecule has 4 rings (SSSR count). The van der Waals surface area contributed by atoms with Crippen LogP contribution in [0.4, 0.5) is 9.18 Å². The number of nitrogens with zero attached hydrogens (tertiary/aromatic N) is 2. The Morgan fingerprint density at radius 1 is 1.21 bits per heavy atom. The molecule has 2 heterocycles. The molecule has 2 aliphatic carbocycles. The molecule has 0 bridgehead atoms. The molecule has 1 amide bonds. The lowest BCUT2D eigenvalue weighted by atomic mass is 9.53. The maximum absolute atomic E-state index is 14.1. The molecule has 2 unspecified atom stereocenters. The first kappa shape index (κ1) is 19.7. The van der Waals surface area contributed by atoms with Crippen LogP contribution >= 0.6 is 0 Å². The van der Waals surface area contributed by atoms with E-state index in [1.54, 1.807) is 6.08 Å². The third-order valence-electron chi connectivity index (χ3n) is 7.56. The number of ether oxygens (including phenoxy) is 1. The summed E-state index contributed by atoms with van der Waals surface area (Å²) in [5.74, 6) is 0.175. The first-order valence-corrected chi connectivity index (χ1v) is 10.9. The van der Waals surface area contributed by atoms with E-state index in [0.717, 1.165) is 58.3 Å². The summed E-state index contributed by atoms with van der Waals surface area (Å²) in [5.41, 5.74) is 0.120. The molecule has 2 fully saturated rings. The average molecular weight is 389 g/mol. The molecule has 2 atom stereocenters. The number of hydrogen-bond donors (Lipinski definition) is 0. The fraction of sp³-hybridized carbons (Fsp3) is 0.696. The van der Waals surface area contributed by atoms with Crippen LogP contribution in [0.15, 0.2) is 36.2 Å². The summed E-state index contributed by atoms with van der Waals surface area (Å²) < 4.78 is 19.2. The van der Waals surface area contributed by atoms with Crippen molar-refractivity contribution in [2.45, 2.75) is 52.0 Å². The van der Waals surface area contributed by atoms with Gasteiger partial charge in [-0.05, 0) is 75.6 Å². The van der Waals surface area contributed by atoms with E-state index >= 15 is 0 Å². The Labute approximate surface area is 168 Å². The van der Waals surface area contributed by atoms with Crippen LogP contribution < -0.4 is 0 Å². The summed E-state index contributed by atoms with van der Waals surface area (Å²) in [4.78, 5) is 16.4. The number of piperidine rings is 2. The van der Waals surface area contributed by atoms with Crippen LogP contribution in [0.1, 0.15) is 46.0 Å². The van der Waals surface area contributed by atoms with Gasteiger partial charge in [0.05, 0.1) is 6.61 Å². The van der Waals surface area contributed by atoms with Gasteiger partial charge in [0.1, 0.15) is 5.83 Å². The summed E-state index contributed by atoms with van der Waals surface area (Å²) in [5, 5.41) is 0. The van der Waals surface area contributed by atoms with Crippen LogP contribution in [0.5, 0.6) is 0 Å². The summed E-state index contributed by atoms with van der Waals surface area (Å²) >= 11 is 0. The lowest BCUT2D eigenvalue weighted by molar-refractivity contribution is 0.000447. The van der Waals surface area contributed by atoms with Gasteiger partial charge >= 0.3 is 6.09 Å². The summed E-state index contributed by atoms with van der Waals surface area (Å²) in [6.45, 7) is 8.24. The van der Waals surface area contributed by atoms with Gasteiger partial charge in [-0.15, -0.1) is 0 Å². The van der Waals surface area contributed by atoms with Crippen molar-refractivity contribution in [1.82, 2.24) is 9.80 Å². The molecule has 154 valence electrons. The maximum atomic E-state index is 14.1. The van der Waals surface area contributed by atoms with Gasteiger partial charge in [0.2, 0.25) is 0 Å². The molecule has 0 aromatic rings. The fourth-order valence-electron chi connectivity index (χ4n) is 5.91. The van der Waals surface area contributed by atoms with Crippen LogP contribution in [0.25, 0.3) is 0 Å². The maximum Gasteiger partial charge on any atom is 0.409 e. The van der Waals surface area contributed by atoms with Crippen molar-refractivity contribution >= 4 is 6.09 Å². The SMILES string of the molecule is CCOC(=O)N1CCC(N2CCC3(CC=CC4(C)C=CC(F)=CC43)CC2)CC1. The highest BCUT2D eigenvalue weighted by Gasteiger charge is 2.50. The van der Waals surface area contributed by atoms with Gasteiger partial charge < -0.3 is 14.5 Å². The normalized spacial score (nSPS) is 32.9. The lowest BCUT2D eigenvalue weighted by Gasteiger charge is -2.54. The molecule has 28 heavy (non-hydrogen) atoms. The largest absolute Gasteiger partial charge is 0.450 e. The van der Waals surface area contributed by atoms with E-state index in [-0.39, 0.29) is 28.7 Å². The van der Waals surface area contributed by atoms with E-state index in [1.807, 2.05) is 17.9 Å². The second kappa shape index (κ2) is 7.66. The van der Waals surface area contributed by atoms with Crippen LogP contribution in [-0.4, -0.2) is 54.7 Å². The predicted molar refractivity (Wildman–Crippen MR) is 109 cm³/mol. The number of carbonyl (C=O) groups excluding carboxylic acids is 1. The van der Waals surface area contributed by atoms with Crippen molar-refractivity contribution in [3.05, 3.63) is 36.2 Å². The van der Waals surface area contributed by atoms with Crippen molar-refractivity contribution in [1.29, 1.82) is 0 Å². The van der Waals surface area contributed by atoms with Gasteiger partial charge in [-0.1, -0.05) is 25.2 Å². The van der Waals surface area contributed by atoms with E-state index in [4.69, 9.17) is 4.74 Å². The van der Waals surface area contributed by atoms with Crippen LogP contribution in [-0.2, 0) is 4.74 Å². The van der Waals surface area contributed by atoms with Gasteiger partial charge in [-0.2, -0.15) is 0 Å². The number of allylic oxidation sites excluding steroid dienone is 6. The van der Waals surface area contributed by atoms with Crippen LogP contribution in [0.2, 0.25) is 0 Å². The standard InChI is InChI=1S/C23H33FN2O2/c1-3-28-21(27)26-13-6-19(7-14-26)25-15-11-23(12-16-25)9-4-8-22(2)10-5-18(24)17-20(22)23/h4-5,8,10,17,19-20H,3,6-7,9,11-16H2,1-2H3. The molecular formula is C23H33FN2O2. The van der Waals surface area contributed by atoms with E-state index in [9.17, 15) is 9.18 Å². The van der Waals surface area contributed by atoms with Crippen molar-refractivity contribution < 1.29 is 13.9 Å². The second-order valence-corrected chi connectivity index (χ2v) is 9.15. The Bertz CT molecular complexity index is 685. The van der Waals surface area contributed by atoms with E-state index < -0.39 is 0 Å². The van der Waals surface area contributed by atoms with Crippen LogP contribution in [0, 0.1) is 16.7 Å². The predicted octanol–water partition coefficient (Wildman–Crippen LogP) is 4.70. The van der Waals surface area contributed by atoms with E-state index in [1.165, 1.54) is 0 Å². The van der Waals surface area contributed by atoms with Crippen LogP contribution in [0.3, 0.4) is 0 Å². The first-order chi connectivity index (χ1) is 13.5. The number of carbonyl (C=O) groups is 1. The van der Waals surface area contributed by atoms with Gasteiger partial charge in [-0.3, -0.25) is 0 Å². The quantitative estimate of drug-likeness (QED) is 0.643. The number of fused-ring (bicyclic) bond motifs is 2. The van der Waals surface area contributed by atoms with E-state index in [2.05, 4.69) is 30.1 Å². The first-order valence-electron chi connectivity index (χ1n) is 10.9. The highest BCUT2D eigenvalue weighted by Crippen LogP contribution is 2.56. The number of likely N-dealkylation sites (tertiary alicyclic amines) is 2. The number of rotatable bonds is 2.